The lowest BCUT2D eigenvalue weighted by Gasteiger charge is -2.30. The van der Waals surface area contributed by atoms with E-state index >= 15 is 0 Å². The number of carboxylic acid groups (broad SMARTS) is 1. The molecule has 0 bridgehead atoms. The maximum Gasteiger partial charge on any atom is 0.414 e. The molecule has 0 radical (unpaired) electrons. The molecule has 0 saturated heterocycles. The van der Waals surface area contributed by atoms with Crippen molar-refractivity contribution in [3.8, 4) is 5.75 Å². The second kappa shape index (κ2) is 5.03. The van der Waals surface area contributed by atoms with Gasteiger partial charge in [0, 0.05) is 6.20 Å². The fourth-order valence-electron chi connectivity index (χ4n) is 2.97. The Morgan fingerprint density at radius 3 is 2.77 bits per heavy atom. The van der Waals surface area contributed by atoms with E-state index in [0.717, 1.165) is 10.5 Å². The number of hydrogen-bond donors (Lipinski definition) is 2. The third kappa shape index (κ3) is 2.01. The Labute approximate surface area is 127 Å². The van der Waals surface area contributed by atoms with E-state index in [-0.39, 0.29) is 17.2 Å². The molecule has 2 atom stereocenters. The Morgan fingerprint density at radius 2 is 2.14 bits per heavy atom. The molecule has 0 aromatic heterocycles. The maximum atomic E-state index is 12.7. The van der Waals surface area contributed by atoms with E-state index in [2.05, 4.69) is 0 Å². The van der Waals surface area contributed by atoms with Crippen molar-refractivity contribution < 1.29 is 24.5 Å². The number of nitrogens with zero attached hydrogens (tertiary/aromatic N) is 2. The third-order valence-electron chi connectivity index (χ3n) is 3.99. The van der Waals surface area contributed by atoms with Gasteiger partial charge >= 0.3 is 6.09 Å². The summed E-state index contributed by atoms with van der Waals surface area (Å²) in [6.07, 6.45) is -0.546. The Kier molecular flexibility index (Phi) is 3.29. The third-order valence-corrected chi connectivity index (χ3v) is 3.99. The molecule has 22 heavy (non-hydrogen) atoms. The van der Waals surface area contributed by atoms with Crippen LogP contribution in [0, 0.1) is 0 Å². The first-order valence-electron chi connectivity index (χ1n) is 6.82. The van der Waals surface area contributed by atoms with E-state index in [9.17, 15) is 19.8 Å². The van der Waals surface area contributed by atoms with Crippen molar-refractivity contribution in [2.24, 2.45) is 0 Å². The molecule has 116 valence electrons. The zero-order valence-corrected chi connectivity index (χ0v) is 12.2. The molecule has 2 N–H and O–H groups in total. The number of methoxy groups -OCH3 is 1. The molecule has 1 aromatic carbocycles. The van der Waals surface area contributed by atoms with Crippen molar-refractivity contribution in [2.45, 2.75) is 25.6 Å². The summed E-state index contributed by atoms with van der Waals surface area (Å²) in [4.78, 5) is 26.6. The lowest BCUT2D eigenvalue weighted by Crippen LogP contribution is -2.50. The predicted molar refractivity (Wildman–Crippen MR) is 77.8 cm³/mol. The largest absolute Gasteiger partial charge is 0.497 e. The molecular weight excluding hydrogens is 288 g/mol. The van der Waals surface area contributed by atoms with Crippen LogP contribution in [-0.2, 0) is 0 Å². The minimum atomic E-state index is -1.33. The van der Waals surface area contributed by atoms with Crippen LogP contribution >= 0.6 is 0 Å². The Morgan fingerprint density at radius 1 is 1.41 bits per heavy atom. The van der Waals surface area contributed by atoms with Crippen LogP contribution < -0.4 is 9.64 Å². The lowest BCUT2D eigenvalue weighted by molar-refractivity contribution is 0.0573. The second-order valence-electron chi connectivity index (χ2n) is 5.41. The van der Waals surface area contributed by atoms with Crippen molar-refractivity contribution in [3.05, 3.63) is 35.5 Å². The molecule has 0 spiro atoms. The lowest BCUT2D eigenvalue weighted by atomic mass is 10.1. The predicted octanol–water partition coefficient (Wildman–Crippen LogP) is 1.63. The molecule has 0 saturated carbocycles. The van der Waals surface area contributed by atoms with Gasteiger partial charge in [0.15, 0.2) is 6.23 Å². The van der Waals surface area contributed by atoms with Crippen LogP contribution in [0.4, 0.5) is 10.5 Å². The van der Waals surface area contributed by atoms with Gasteiger partial charge < -0.3 is 19.8 Å². The number of fused-ring (bicyclic) bond motifs is 2. The molecule has 2 unspecified atom stereocenters. The number of hydrogen-bond acceptors (Lipinski definition) is 4. The summed E-state index contributed by atoms with van der Waals surface area (Å²) in [6, 6.07) is 3.90. The molecule has 7 nitrogen and oxygen atoms in total. The highest BCUT2D eigenvalue weighted by molar-refractivity contribution is 6.05. The number of rotatable bonds is 1. The molecule has 7 heteroatoms. The van der Waals surface area contributed by atoms with Crippen molar-refractivity contribution in [3.63, 3.8) is 0 Å². The Balaban J connectivity index is 2.20. The summed E-state index contributed by atoms with van der Waals surface area (Å²) in [5.41, 5.74) is 1.26. The molecule has 2 amide bonds. The monoisotopic (exact) mass is 304 g/mol. The topological polar surface area (TPSA) is 90.3 Å². The van der Waals surface area contributed by atoms with Gasteiger partial charge in [-0.15, -0.1) is 0 Å². The smallest absolute Gasteiger partial charge is 0.414 e. The molecule has 1 aromatic rings. The fraction of sp³-hybridized carbons (Fsp3) is 0.333. The first-order chi connectivity index (χ1) is 10.4. The van der Waals surface area contributed by atoms with Gasteiger partial charge in [-0.05, 0) is 31.5 Å². The minimum absolute atomic E-state index is 0.159. The van der Waals surface area contributed by atoms with Crippen molar-refractivity contribution >= 4 is 17.7 Å². The van der Waals surface area contributed by atoms with E-state index in [0.29, 0.717) is 12.2 Å². The van der Waals surface area contributed by atoms with Gasteiger partial charge in [0.1, 0.15) is 5.75 Å². The second-order valence-corrected chi connectivity index (χ2v) is 5.41. The van der Waals surface area contributed by atoms with Gasteiger partial charge in [-0.3, -0.25) is 4.79 Å². The zero-order chi connectivity index (χ0) is 16.0. The first-order valence-corrected chi connectivity index (χ1v) is 6.82. The van der Waals surface area contributed by atoms with E-state index in [1.54, 1.807) is 12.3 Å². The van der Waals surface area contributed by atoms with Crippen LogP contribution in [0.5, 0.6) is 5.75 Å². The Bertz CT molecular complexity index is 685. The number of anilines is 1. The van der Waals surface area contributed by atoms with Crippen LogP contribution in [0.25, 0.3) is 0 Å². The van der Waals surface area contributed by atoms with Crippen LogP contribution in [0.1, 0.15) is 23.7 Å². The van der Waals surface area contributed by atoms with E-state index in [1.165, 1.54) is 24.1 Å². The summed E-state index contributed by atoms with van der Waals surface area (Å²) >= 11 is 0. The number of ether oxygens (including phenoxy) is 1. The SMILES string of the molecule is COc1ccc2c(c1)C(=O)N1C=C(C)CC1C(O)N2C(=O)O. The number of carbonyl (C=O) groups excluding carboxylic acids is 1. The molecule has 0 fully saturated rings. The minimum Gasteiger partial charge on any atom is -0.497 e. The van der Waals surface area contributed by atoms with E-state index < -0.39 is 18.4 Å². The number of amides is 2. The van der Waals surface area contributed by atoms with Crippen molar-refractivity contribution in [1.82, 2.24) is 4.90 Å². The molecular formula is C15H16N2O5. The Hall–Kier alpha value is -2.54. The van der Waals surface area contributed by atoms with Crippen LogP contribution in [0.3, 0.4) is 0 Å². The average Bonchev–Trinajstić information content (AvgIpc) is 2.85. The number of carbonyl (C=O) groups is 2. The molecule has 0 aliphatic carbocycles. The summed E-state index contributed by atoms with van der Waals surface area (Å²) in [5.74, 6) is 0.101. The zero-order valence-electron chi connectivity index (χ0n) is 12.2. The average molecular weight is 304 g/mol. The summed E-state index contributed by atoms with van der Waals surface area (Å²) < 4.78 is 5.11. The first kappa shape index (κ1) is 14.4. The number of aliphatic hydroxyl groups is 1. The van der Waals surface area contributed by atoms with Gasteiger partial charge in [0.05, 0.1) is 24.4 Å². The van der Waals surface area contributed by atoms with Gasteiger partial charge in [0.25, 0.3) is 5.91 Å². The number of aliphatic hydroxyl groups excluding tert-OH is 1. The van der Waals surface area contributed by atoms with Gasteiger partial charge in [0.2, 0.25) is 0 Å². The highest BCUT2D eigenvalue weighted by Gasteiger charge is 2.43. The highest BCUT2D eigenvalue weighted by atomic mass is 16.5. The summed E-state index contributed by atoms with van der Waals surface area (Å²) in [7, 11) is 1.47. The van der Waals surface area contributed by atoms with Gasteiger partial charge in [-0.25, -0.2) is 9.69 Å². The van der Waals surface area contributed by atoms with Crippen LogP contribution in [-0.4, -0.2) is 46.5 Å². The van der Waals surface area contributed by atoms with Crippen LogP contribution in [0.15, 0.2) is 30.0 Å². The molecule has 2 aliphatic heterocycles. The van der Waals surface area contributed by atoms with Crippen LogP contribution in [0.2, 0.25) is 0 Å². The normalized spacial score (nSPS) is 23.6. The van der Waals surface area contributed by atoms with Gasteiger partial charge in [-0.1, -0.05) is 5.57 Å². The summed E-state index contributed by atoms with van der Waals surface area (Å²) in [5, 5.41) is 20.0. The molecule has 2 heterocycles. The highest BCUT2D eigenvalue weighted by Crippen LogP contribution is 2.37. The maximum absolute atomic E-state index is 12.7. The van der Waals surface area contributed by atoms with E-state index in [1.807, 2.05) is 6.92 Å². The van der Waals surface area contributed by atoms with Crippen molar-refractivity contribution in [1.29, 1.82) is 0 Å². The molecule has 3 rings (SSSR count). The van der Waals surface area contributed by atoms with Gasteiger partial charge in [-0.2, -0.15) is 0 Å². The standard InChI is InChI=1S/C15H16N2O5/c1-8-5-12-14(19)17(15(20)21)11-4-3-9(22-2)6-10(11)13(18)16(12)7-8/h3-4,6-7,12,14,19H,5H2,1-2H3,(H,20,21). The summed E-state index contributed by atoms with van der Waals surface area (Å²) in [6.45, 7) is 1.84. The fourth-order valence-corrected chi connectivity index (χ4v) is 2.97. The van der Waals surface area contributed by atoms with E-state index in [4.69, 9.17) is 4.74 Å². The van der Waals surface area contributed by atoms with Crippen molar-refractivity contribution in [2.75, 3.05) is 12.0 Å². The quantitative estimate of drug-likeness (QED) is 0.823. The number of benzene rings is 1. The molecule has 2 aliphatic rings.